The molecule has 0 aromatic heterocycles. The molecule has 64 heavy (non-hydrogen) atoms. The molecule has 0 radical (unpaired) electrons. The summed E-state index contributed by atoms with van der Waals surface area (Å²) < 4.78 is 5.43. The van der Waals surface area contributed by atoms with Crippen molar-refractivity contribution < 1.29 is 24.5 Å². The van der Waals surface area contributed by atoms with Crippen LogP contribution in [-0.4, -0.2) is 47.4 Å². The number of hydrogen-bond donors (Lipinski definition) is 3. The van der Waals surface area contributed by atoms with E-state index in [0.717, 1.165) is 77.0 Å². The molecule has 0 fully saturated rings. The normalized spacial score (nSPS) is 13.0. The lowest BCUT2D eigenvalue weighted by molar-refractivity contribution is -0.143. The summed E-state index contributed by atoms with van der Waals surface area (Å²) in [5.41, 5.74) is 0. The fraction of sp³-hybridized carbons (Fsp3) is 0.828. The molecular formula is C58H107NO5. The summed E-state index contributed by atoms with van der Waals surface area (Å²) in [6.07, 6.45) is 66.9. The Balaban J connectivity index is 3.57. The molecular weight excluding hydrogens is 791 g/mol. The fourth-order valence-corrected chi connectivity index (χ4v) is 8.26. The van der Waals surface area contributed by atoms with Gasteiger partial charge in [-0.1, -0.05) is 229 Å². The molecule has 2 unspecified atom stereocenters. The molecule has 0 saturated heterocycles. The second-order valence-electron chi connectivity index (χ2n) is 18.9. The summed E-state index contributed by atoms with van der Waals surface area (Å²) in [6, 6.07) is -0.646. The van der Waals surface area contributed by atoms with Crippen LogP contribution in [-0.2, 0) is 14.3 Å². The molecule has 6 heteroatoms. The molecule has 1 amide bonds. The Kier molecular flexibility index (Phi) is 51.6. The van der Waals surface area contributed by atoms with Crippen LogP contribution < -0.4 is 5.32 Å². The van der Waals surface area contributed by atoms with E-state index < -0.39 is 12.1 Å². The van der Waals surface area contributed by atoms with Crippen LogP contribution in [0.5, 0.6) is 0 Å². The number of aliphatic hydroxyl groups excluding tert-OH is 2. The molecule has 0 aromatic carbocycles. The molecule has 0 aliphatic carbocycles. The largest absolute Gasteiger partial charge is 0.466 e. The van der Waals surface area contributed by atoms with Gasteiger partial charge in [0.2, 0.25) is 5.91 Å². The Morgan fingerprint density at radius 3 is 1.22 bits per heavy atom. The molecule has 0 aromatic rings. The lowest BCUT2D eigenvalue weighted by Crippen LogP contribution is -2.45. The highest BCUT2D eigenvalue weighted by molar-refractivity contribution is 5.76. The summed E-state index contributed by atoms with van der Waals surface area (Å²) >= 11 is 0. The summed E-state index contributed by atoms with van der Waals surface area (Å²) in [7, 11) is 0. The van der Waals surface area contributed by atoms with Gasteiger partial charge in [-0.2, -0.15) is 0 Å². The van der Waals surface area contributed by atoms with Gasteiger partial charge in [-0.3, -0.25) is 9.59 Å². The van der Waals surface area contributed by atoms with Crippen molar-refractivity contribution in [2.45, 2.75) is 296 Å². The van der Waals surface area contributed by atoms with Crippen LogP contribution in [0.4, 0.5) is 0 Å². The first kappa shape index (κ1) is 61.8. The number of rotatable bonds is 51. The van der Waals surface area contributed by atoms with Gasteiger partial charge in [0.15, 0.2) is 0 Å². The van der Waals surface area contributed by atoms with Gasteiger partial charge in [0.25, 0.3) is 0 Å². The van der Waals surface area contributed by atoms with Crippen molar-refractivity contribution in [2.24, 2.45) is 0 Å². The third kappa shape index (κ3) is 49.3. The minimum absolute atomic E-state index is 0.0326. The number of nitrogens with one attached hydrogen (secondary N) is 1. The van der Waals surface area contributed by atoms with E-state index in [1.807, 2.05) is 6.08 Å². The Morgan fingerprint density at radius 1 is 0.438 bits per heavy atom. The zero-order valence-electron chi connectivity index (χ0n) is 42.5. The Hall–Kier alpha value is -2.18. The van der Waals surface area contributed by atoms with Gasteiger partial charge in [-0.15, -0.1) is 0 Å². The summed E-state index contributed by atoms with van der Waals surface area (Å²) in [4.78, 5) is 24.5. The Labute approximate surface area is 397 Å². The maximum Gasteiger partial charge on any atom is 0.305 e. The van der Waals surface area contributed by atoms with Gasteiger partial charge in [0.1, 0.15) is 0 Å². The Morgan fingerprint density at radius 2 is 0.781 bits per heavy atom. The van der Waals surface area contributed by atoms with Crippen LogP contribution in [0, 0.1) is 0 Å². The van der Waals surface area contributed by atoms with E-state index in [-0.39, 0.29) is 18.5 Å². The van der Waals surface area contributed by atoms with E-state index >= 15 is 0 Å². The van der Waals surface area contributed by atoms with Crippen LogP contribution in [0.25, 0.3) is 0 Å². The van der Waals surface area contributed by atoms with Crippen molar-refractivity contribution in [3.05, 3.63) is 48.6 Å². The molecule has 0 rings (SSSR count). The molecule has 2 atom stereocenters. The lowest BCUT2D eigenvalue weighted by Gasteiger charge is -2.20. The van der Waals surface area contributed by atoms with Crippen molar-refractivity contribution in [1.29, 1.82) is 0 Å². The molecule has 6 nitrogen and oxygen atoms in total. The number of esters is 1. The van der Waals surface area contributed by atoms with Gasteiger partial charge < -0.3 is 20.3 Å². The number of unbranched alkanes of at least 4 members (excludes halogenated alkanes) is 35. The maximum atomic E-state index is 12.5. The average Bonchev–Trinajstić information content (AvgIpc) is 3.29. The summed E-state index contributed by atoms with van der Waals surface area (Å²) in [5, 5.41) is 23.1. The highest BCUT2D eigenvalue weighted by Gasteiger charge is 2.18. The van der Waals surface area contributed by atoms with Crippen LogP contribution in [0.3, 0.4) is 0 Å². The topological polar surface area (TPSA) is 95.9 Å². The summed E-state index contributed by atoms with van der Waals surface area (Å²) in [5.74, 6) is -0.123. The van der Waals surface area contributed by atoms with Crippen molar-refractivity contribution in [3.8, 4) is 0 Å². The smallest absolute Gasteiger partial charge is 0.305 e. The molecule has 0 bridgehead atoms. The van der Waals surface area contributed by atoms with Gasteiger partial charge in [-0.25, -0.2) is 0 Å². The second kappa shape index (κ2) is 53.4. The number of allylic oxidation sites excluding steroid dienone is 7. The lowest BCUT2D eigenvalue weighted by atomic mass is 10.0. The number of carbonyl (C=O) groups is 2. The van der Waals surface area contributed by atoms with E-state index in [0.29, 0.717) is 19.4 Å². The third-order valence-electron chi connectivity index (χ3n) is 12.6. The maximum absolute atomic E-state index is 12.5. The minimum Gasteiger partial charge on any atom is -0.466 e. The SMILES string of the molecule is CCCCCC/C=C\CCCCCCCC(=O)OCCCCC/C=C\C=C/CCCCCCCCC(=O)NC(CO)C(O)/C=C/CCCCCCCCCCCCCCCCCCC. The number of amides is 1. The number of hydrogen-bond acceptors (Lipinski definition) is 5. The molecule has 0 spiro atoms. The quantitative estimate of drug-likeness (QED) is 0.0245. The monoisotopic (exact) mass is 898 g/mol. The van der Waals surface area contributed by atoms with E-state index in [4.69, 9.17) is 4.74 Å². The highest BCUT2D eigenvalue weighted by atomic mass is 16.5. The van der Waals surface area contributed by atoms with Crippen molar-refractivity contribution in [1.82, 2.24) is 5.32 Å². The van der Waals surface area contributed by atoms with Crippen LogP contribution >= 0.6 is 0 Å². The van der Waals surface area contributed by atoms with Crippen LogP contribution in [0.15, 0.2) is 48.6 Å². The van der Waals surface area contributed by atoms with Gasteiger partial charge in [-0.05, 0) is 89.9 Å². The predicted molar refractivity (Wildman–Crippen MR) is 278 cm³/mol. The first-order valence-corrected chi connectivity index (χ1v) is 27.9. The first-order valence-electron chi connectivity index (χ1n) is 27.9. The van der Waals surface area contributed by atoms with Gasteiger partial charge >= 0.3 is 5.97 Å². The van der Waals surface area contributed by atoms with Crippen molar-refractivity contribution >= 4 is 11.9 Å². The molecule has 0 saturated carbocycles. The van der Waals surface area contributed by atoms with Crippen molar-refractivity contribution in [3.63, 3.8) is 0 Å². The first-order chi connectivity index (χ1) is 31.5. The second-order valence-corrected chi connectivity index (χ2v) is 18.9. The van der Waals surface area contributed by atoms with E-state index in [9.17, 15) is 19.8 Å². The van der Waals surface area contributed by atoms with E-state index in [2.05, 4.69) is 55.6 Å². The number of aliphatic hydroxyl groups is 2. The zero-order chi connectivity index (χ0) is 46.5. The molecule has 3 N–H and O–H groups in total. The average molecular weight is 898 g/mol. The number of ether oxygens (including phenoxy) is 1. The highest BCUT2D eigenvalue weighted by Crippen LogP contribution is 2.16. The van der Waals surface area contributed by atoms with Crippen LogP contribution in [0.2, 0.25) is 0 Å². The fourth-order valence-electron chi connectivity index (χ4n) is 8.26. The molecule has 0 heterocycles. The van der Waals surface area contributed by atoms with Gasteiger partial charge in [0, 0.05) is 12.8 Å². The third-order valence-corrected chi connectivity index (χ3v) is 12.6. The predicted octanol–water partition coefficient (Wildman–Crippen LogP) is 17.0. The van der Waals surface area contributed by atoms with E-state index in [1.165, 1.54) is 180 Å². The molecule has 0 aliphatic rings. The van der Waals surface area contributed by atoms with Gasteiger partial charge in [0.05, 0.1) is 25.4 Å². The summed E-state index contributed by atoms with van der Waals surface area (Å²) in [6.45, 7) is 4.83. The minimum atomic E-state index is -0.860. The molecule has 374 valence electrons. The van der Waals surface area contributed by atoms with Crippen LogP contribution in [0.1, 0.15) is 284 Å². The van der Waals surface area contributed by atoms with Crippen molar-refractivity contribution in [2.75, 3.05) is 13.2 Å². The zero-order valence-corrected chi connectivity index (χ0v) is 42.5. The van der Waals surface area contributed by atoms with E-state index in [1.54, 1.807) is 6.08 Å². The standard InChI is InChI=1S/C58H107NO5/c1-3-5-7-9-11-13-15-17-18-19-20-21-23-27-30-34-38-42-46-50-56(61)55(54-60)59-57(62)51-47-43-39-35-31-28-24-22-25-29-33-37-41-45-49-53-64-58(63)52-48-44-40-36-32-26-16-14-12-10-8-6-4-2/h14,16,22,25,29,33,46,50,55-56,60-61H,3-13,15,17-21,23-24,26-28,30-32,34-45,47-49,51-54H2,1-2H3,(H,59,62)/b16-14-,25-22-,33-29-,50-46+. The number of carbonyl (C=O) groups excluding carboxylic acids is 2. The molecule has 0 aliphatic heterocycles. The Bertz CT molecular complexity index is 1080.